The quantitative estimate of drug-likeness (QED) is 0.223. The fraction of sp³-hybridized carbons (Fsp3) is 0.318. The molecule has 3 heterocycles. The van der Waals surface area contributed by atoms with Gasteiger partial charge in [-0.15, -0.1) is 39.4 Å². The van der Waals surface area contributed by atoms with E-state index in [1.54, 1.807) is 38.2 Å². The van der Waals surface area contributed by atoms with Crippen molar-refractivity contribution in [3.63, 3.8) is 0 Å². The van der Waals surface area contributed by atoms with Crippen molar-refractivity contribution in [3.8, 4) is 0 Å². The number of rotatable bonds is 11. The smallest absolute Gasteiger partial charge is 0.341 e. The normalized spacial score (nSPS) is 10.9. The lowest BCUT2D eigenvalue weighted by Crippen LogP contribution is -2.18. The van der Waals surface area contributed by atoms with Crippen LogP contribution in [0.2, 0.25) is 0 Å². The Balaban J connectivity index is 1.74. The number of primary amides is 1. The summed E-state index contributed by atoms with van der Waals surface area (Å²) in [6.45, 7) is 9.34. The first-order valence-corrected chi connectivity index (χ1v) is 13.0. The number of thiophene rings is 2. The topological polar surface area (TPSA) is 129 Å². The molecule has 3 aromatic heterocycles. The summed E-state index contributed by atoms with van der Waals surface area (Å²) in [5, 5.41) is 14.1. The largest absolute Gasteiger partial charge is 0.459 e. The van der Waals surface area contributed by atoms with Crippen molar-refractivity contribution in [3.05, 3.63) is 56.9 Å². The Kier molecular flexibility index (Phi) is 8.64. The number of thioether (sulfide) groups is 1. The molecule has 3 N–H and O–H groups in total. The minimum absolute atomic E-state index is 0.0236. The summed E-state index contributed by atoms with van der Waals surface area (Å²) < 4.78 is 7.19. The third-order valence-corrected chi connectivity index (χ3v) is 7.59. The van der Waals surface area contributed by atoms with Crippen LogP contribution in [0.5, 0.6) is 0 Å². The molecule has 0 aliphatic rings. The average molecular weight is 520 g/mol. The molecule has 3 aromatic rings. The highest BCUT2D eigenvalue weighted by molar-refractivity contribution is 7.99. The number of carbonyl (C=O) groups excluding carboxylic acids is 3. The first-order chi connectivity index (χ1) is 16.2. The lowest BCUT2D eigenvalue weighted by atomic mass is 10.1. The molecule has 3 rings (SSSR count). The monoisotopic (exact) mass is 519 g/mol. The summed E-state index contributed by atoms with van der Waals surface area (Å²) in [7, 11) is 0. The van der Waals surface area contributed by atoms with E-state index in [1.165, 1.54) is 11.8 Å². The van der Waals surface area contributed by atoms with Gasteiger partial charge in [0.15, 0.2) is 5.16 Å². The van der Waals surface area contributed by atoms with Crippen molar-refractivity contribution >= 4 is 57.2 Å². The van der Waals surface area contributed by atoms with E-state index in [-0.39, 0.29) is 33.2 Å². The van der Waals surface area contributed by atoms with Gasteiger partial charge in [-0.1, -0.05) is 23.9 Å². The van der Waals surface area contributed by atoms with Crippen LogP contribution in [-0.2, 0) is 22.5 Å². The minimum Gasteiger partial charge on any atom is -0.459 e. The number of esters is 1. The molecule has 0 bridgehead atoms. The number of nitrogens with zero attached hydrogens (tertiary/aromatic N) is 3. The molecule has 180 valence electrons. The first-order valence-electron chi connectivity index (χ1n) is 10.3. The zero-order chi connectivity index (χ0) is 24.8. The molecule has 0 aliphatic carbocycles. The molecular formula is C22H25N5O4S3. The molecule has 34 heavy (non-hydrogen) atoms. The van der Waals surface area contributed by atoms with Gasteiger partial charge in [-0.3, -0.25) is 9.59 Å². The van der Waals surface area contributed by atoms with Crippen LogP contribution in [-0.4, -0.2) is 44.4 Å². The predicted octanol–water partition coefficient (Wildman–Crippen LogP) is 3.88. The number of nitrogens with one attached hydrogen (secondary N) is 1. The van der Waals surface area contributed by atoms with E-state index in [0.29, 0.717) is 23.7 Å². The van der Waals surface area contributed by atoms with Gasteiger partial charge in [0.25, 0.3) is 5.91 Å². The van der Waals surface area contributed by atoms with E-state index in [1.807, 2.05) is 22.1 Å². The molecule has 0 saturated carbocycles. The Morgan fingerprint density at radius 3 is 2.74 bits per heavy atom. The maximum absolute atomic E-state index is 12.7. The number of aromatic nitrogens is 3. The molecule has 0 aromatic carbocycles. The van der Waals surface area contributed by atoms with Crippen molar-refractivity contribution in [2.75, 3.05) is 11.1 Å². The Morgan fingerprint density at radius 2 is 2.12 bits per heavy atom. The Bertz CT molecular complexity index is 1200. The second-order valence-electron chi connectivity index (χ2n) is 7.47. The highest BCUT2D eigenvalue weighted by atomic mass is 32.2. The SMILES string of the molecule is C=CCn1c(Cc2cccs2)nnc1SCC(=O)Nc1sc(C(N)=O)c(C)c1C(=O)OC(C)C. The number of hydrogen-bond acceptors (Lipinski definition) is 9. The van der Waals surface area contributed by atoms with Crippen LogP contribution in [0, 0.1) is 6.92 Å². The third-order valence-electron chi connectivity index (χ3n) is 4.52. The number of nitrogens with two attached hydrogens (primary N) is 1. The molecule has 0 fully saturated rings. The zero-order valence-electron chi connectivity index (χ0n) is 19.0. The minimum atomic E-state index is -0.674. The molecular weight excluding hydrogens is 494 g/mol. The summed E-state index contributed by atoms with van der Waals surface area (Å²) in [6, 6.07) is 4.01. The zero-order valence-corrected chi connectivity index (χ0v) is 21.4. The van der Waals surface area contributed by atoms with E-state index in [4.69, 9.17) is 10.5 Å². The van der Waals surface area contributed by atoms with Gasteiger partial charge in [-0.05, 0) is 37.8 Å². The number of amides is 2. The van der Waals surface area contributed by atoms with Crippen LogP contribution < -0.4 is 11.1 Å². The molecule has 12 heteroatoms. The standard InChI is InChI=1S/C22H25N5O4S3/c1-5-8-27-15(10-14-7-6-9-32-14)25-26-22(27)33-11-16(28)24-20-17(21(30)31-12(2)3)13(4)18(34-20)19(23)29/h5-7,9,12H,1,8,10-11H2,2-4H3,(H2,23,29)(H,24,28). The van der Waals surface area contributed by atoms with E-state index in [9.17, 15) is 14.4 Å². The summed E-state index contributed by atoms with van der Waals surface area (Å²) in [6.07, 6.45) is 2.02. The maximum atomic E-state index is 12.7. The van der Waals surface area contributed by atoms with Crippen LogP contribution in [0.3, 0.4) is 0 Å². The molecule has 0 saturated heterocycles. The van der Waals surface area contributed by atoms with Crippen LogP contribution in [0.25, 0.3) is 0 Å². The van der Waals surface area contributed by atoms with E-state index >= 15 is 0 Å². The van der Waals surface area contributed by atoms with Gasteiger partial charge in [0.2, 0.25) is 5.91 Å². The Hall–Kier alpha value is -2.96. The second kappa shape index (κ2) is 11.4. The summed E-state index contributed by atoms with van der Waals surface area (Å²) in [5.74, 6) is -0.858. The van der Waals surface area contributed by atoms with E-state index in [0.717, 1.165) is 22.0 Å². The Morgan fingerprint density at radius 1 is 1.35 bits per heavy atom. The van der Waals surface area contributed by atoms with Crippen LogP contribution in [0.1, 0.15) is 50.1 Å². The van der Waals surface area contributed by atoms with Gasteiger partial charge in [0.1, 0.15) is 10.8 Å². The molecule has 0 radical (unpaired) electrons. The summed E-state index contributed by atoms with van der Waals surface area (Å²) >= 11 is 3.81. The second-order valence-corrected chi connectivity index (χ2v) is 10.5. The van der Waals surface area contributed by atoms with Crippen LogP contribution in [0.4, 0.5) is 5.00 Å². The highest BCUT2D eigenvalue weighted by Crippen LogP contribution is 2.34. The van der Waals surface area contributed by atoms with Gasteiger partial charge in [-0.2, -0.15) is 0 Å². The molecule has 0 unspecified atom stereocenters. The molecule has 0 aliphatic heterocycles. The van der Waals surface area contributed by atoms with Crippen molar-refractivity contribution in [2.45, 2.75) is 45.0 Å². The molecule has 0 atom stereocenters. The summed E-state index contributed by atoms with van der Waals surface area (Å²) in [5.41, 5.74) is 5.96. The highest BCUT2D eigenvalue weighted by Gasteiger charge is 2.26. The molecule has 2 amide bonds. The first kappa shape index (κ1) is 25.7. The fourth-order valence-corrected chi connectivity index (χ4v) is 5.62. The maximum Gasteiger partial charge on any atom is 0.341 e. The lowest BCUT2D eigenvalue weighted by Gasteiger charge is -2.10. The predicted molar refractivity (Wildman–Crippen MR) is 135 cm³/mol. The lowest BCUT2D eigenvalue weighted by molar-refractivity contribution is -0.113. The average Bonchev–Trinajstić information content (AvgIpc) is 3.47. The number of allylic oxidation sites excluding steroid dienone is 1. The number of anilines is 1. The molecule has 9 nitrogen and oxygen atoms in total. The van der Waals surface area contributed by atoms with E-state index in [2.05, 4.69) is 22.1 Å². The fourth-order valence-electron chi connectivity index (χ4n) is 3.09. The Labute approximate surface area is 209 Å². The summed E-state index contributed by atoms with van der Waals surface area (Å²) in [4.78, 5) is 38.5. The van der Waals surface area contributed by atoms with Gasteiger partial charge in [0.05, 0.1) is 22.3 Å². The third kappa shape index (κ3) is 6.13. The van der Waals surface area contributed by atoms with Crippen molar-refractivity contribution in [2.24, 2.45) is 5.73 Å². The van der Waals surface area contributed by atoms with Crippen molar-refractivity contribution in [1.82, 2.24) is 14.8 Å². The van der Waals surface area contributed by atoms with Gasteiger partial charge < -0.3 is 20.4 Å². The van der Waals surface area contributed by atoms with Crippen LogP contribution in [0.15, 0.2) is 35.3 Å². The number of carbonyl (C=O) groups is 3. The van der Waals surface area contributed by atoms with Gasteiger partial charge >= 0.3 is 5.97 Å². The van der Waals surface area contributed by atoms with Gasteiger partial charge in [-0.25, -0.2) is 4.79 Å². The van der Waals surface area contributed by atoms with Crippen molar-refractivity contribution in [1.29, 1.82) is 0 Å². The number of ether oxygens (including phenoxy) is 1. The van der Waals surface area contributed by atoms with Crippen molar-refractivity contribution < 1.29 is 19.1 Å². The number of hydrogen-bond donors (Lipinski definition) is 2. The molecule has 0 spiro atoms. The van der Waals surface area contributed by atoms with Gasteiger partial charge in [0, 0.05) is 17.8 Å². The van der Waals surface area contributed by atoms with E-state index < -0.39 is 11.9 Å². The van der Waals surface area contributed by atoms with Crippen LogP contribution >= 0.6 is 34.4 Å².